The van der Waals surface area contributed by atoms with Crippen molar-refractivity contribution >= 4 is 52.3 Å². The zero-order valence-electron chi connectivity index (χ0n) is 38.8. The summed E-state index contributed by atoms with van der Waals surface area (Å²) in [6.07, 6.45) is 27.8. The minimum Gasteiger partial charge on any atom is -0.318 e. The standard InChI is InChI=1S/C63H58N2P/c1-43-19-31-51(32-20-43)64(55-39-27-49(28-40-55)58-14-9-15-59(46(58)4)57-12-6-5-11-45(57)3)53-35-23-47(24-36-53)48-25-37-54(38-26-48)65(52-33-21-44(2)22-34-52)56-41-29-50(30-42-56)61-17-10-18-63-60-13-7-8-16-62(60)66(61)63/h9-19,21-23,25-31,33-35,37-42H,5-8,20,24,32,36H2,1-4H3/q+1. The lowest BCUT2D eigenvalue weighted by atomic mass is 9.87. The van der Waals surface area contributed by atoms with Crippen molar-refractivity contribution in [2.75, 3.05) is 9.80 Å². The van der Waals surface area contributed by atoms with Gasteiger partial charge in [-0.05, 0) is 215 Å². The summed E-state index contributed by atoms with van der Waals surface area (Å²) in [6.45, 7) is 8.95. The fourth-order valence-electron chi connectivity index (χ4n) is 10.6. The zero-order valence-corrected chi connectivity index (χ0v) is 39.7. The third kappa shape index (κ3) is 7.92. The average Bonchev–Trinajstić information content (AvgIpc) is 3.36. The number of anilines is 4. The van der Waals surface area contributed by atoms with Gasteiger partial charge in [0.1, 0.15) is 0 Å². The smallest absolute Gasteiger partial charge is 0.179 e. The Hall–Kier alpha value is -6.73. The Morgan fingerprint density at radius 2 is 0.955 bits per heavy atom. The van der Waals surface area contributed by atoms with Crippen LogP contribution in [-0.4, -0.2) is 0 Å². The maximum absolute atomic E-state index is 2.53. The van der Waals surface area contributed by atoms with Crippen LogP contribution >= 0.6 is 7.53 Å². The molecule has 0 saturated carbocycles. The first-order chi connectivity index (χ1) is 32.4. The Morgan fingerprint density at radius 1 is 0.409 bits per heavy atom. The highest BCUT2D eigenvalue weighted by molar-refractivity contribution is 7.69. The fourth-order valence-corrected chi connectivity index (χ4v) is 13.4. The molecule has 0 saturated heterocycles. The topological polar surface area (TPSA) is 6.48 Å². The predicted molar refractivity (Wildman–Crippen MR) is 286 cm³/mol. The van der Waals surface area contributed by atoms with Gasteiger partial charge in [-0.3, -0.25) is 0 Å². The van der Waals surface area contributed by atoms with Crippen LogP contribution < -0.4 is 9.80 Å². The molecular weight excluding hydrogens is 816 g/mol. The van der Waals surface area contributed by atoms with E-state index in [0.717, 1.165) is 62.7 Å². The van der Waals surface area contributed by atoms with Crippen LogP contribution in [0.3, 0.4) is 0 Å². The van der Waals surface area contributed by atoms with Gasteiger partial charge in [-0.1, -0.05) is 102 Å². The van der Waals surface area contributed by atoms with Crippen LogP contribution in [0, 0.1) is 13.8 Å². The van der Waals surface area contributed by atoms with Crippen molar-refractivity contribution in [2.45, 2.75) is 79.1 Å². The second-order valence-electron chi connectivity index (χ2n) is 18.6. The predicted octanol–water partition coefficient (Wildman–Crippen LogP) is 18.7. The first kappa shape index (κ1) is 41.9. The van der Waals surface area contributed by atoms with Crippen LogP contribution in [0.2, 0.25) is 0 Å². The van der Waals surface area contributed by atoms with Crippen LogP contribution in [0.4, 0.5) is 22.7 Å². The molecule has 11 rings (SSSR count). The van der Waals surface area contributed by atoms with Crippen LogP contribution in [-0.2, 0) is 0 Å². The lowest BCUT2D eigenvalue weighted by Gasteiger charge is -2.33. The average molecular weight is 874 g/mol. The first-order valence-corrected chi connectivity index (χ1v) is 25.4. The van der Waals surface area contributed by atoms with Crippen LogP contribution in [0.1, 0.15) is 92.8 Å². The molecule has 1 aliphatic heterocycles. The molecule has 0 bridgehead atoms. The van der Waals surface area contributed by atoms with Crippen molar-refractivity contribution in [1.82, 2.24) is 0 Å². The molecule has 66 heavy (non-hydrogen) atoms. The highest BCUT2D eigenvalue weighted by Crippen LogP contribution is 2.68. The van der Waals surface area contributed by atoms with Gasteiger partial charge in [0, 0.05) is 39.7 Å². The Morgan fingerprint density at radius 3 is 1.61 bits per heavy atom. The summed E-state index contributed by atoms with van der Waals surface area (Å²) in [7, 11) is -0.384. The molecule has 0 spiro atoms. The van der Waals surface area contributed by atoms with E-state index >= 15 is 0 Å². The minimum absolute atomic E-state index is 0.384. The molecule has 3 heteroatoms. The molecule has 0 radical (unpaired) electrons. The highest BCUT2D eigenvalue weighted by atomic mass is 31.1. The summed E-state index contributed by atoms with van der Waals surface area (Å²) in [5.41, 5.74) is 23.7. The van der Waals surface area contributed by atoms with E-state index in [2.05, 4.69) is 220 Å². The lowest BCUT2D eigenvalue weighted by Crippen LogP contribution is -2.23. The summed E-state index contributed by atoms with van der Waals surface area (Å²) < 4.78 is 0. The van der Waals surface area contributed by atoms with E-state index in [4.69, 9.17) is 0 Å². The van der Waals surface area contributed by atoms with Gasteiger partial charge >= 0.3 is 0 Å². The summed E-state index contributed by atoms with van der Waals surface area (Å²) in [6, 6.07) is 50.5. The van der Waals surface area contributed by atoms with Gasteiger partial charge < -0.3 is 9.80 Å². The molecule has 1 aromatic heterocycles. The molecule has 0 fully saturated rings. The number of aryl methyl sites for hydroxylation is 1. The monoisotopic (exact) mass is 873 g/mol. The van der Waals surface area contributed by atoms with Crippen LogP contribution in [0.5, 0.6) is 0 Å². The maximum atomic E-state index is 2.53. The van der Waals surface area contributed by atoms with E-state index < -0.39 is 0 Å². The molecular formula is C63H58N2P+. The van der Waals surface area contributed by atoms with E-state index in [9.17, 15) is 0 Å². The molecule has 0 amide bonds. The number of hydrogen-bond acceptors (Lipinski definition) is 2. The zero-order chi connectivity index (χ0) is 44.7. The fraction of sp³-hybridized carbons (Fsp3) is 0.190. The van der Waals surface area contributed by atoms with Gasteiger partial charge in [-0.15, -0.1) is 0 Å². The minimum atomic E-state index is -0.384. The molecule has 2 heterocycles. The Bertz CT molecular complexity index is 3130. The van der Waals surface area contributed by atoms with Gasteiger partial charge in [0.05, 0.1) is 5.57 Å². The maximum Gasteiger partial charge on any atom is 0.179 e. The normalized spacial score (nSPS) is 16.7. The molecule has 1 unspecified atom stereocenters. The van der Waals surface area contributed by atoms with Gasteiger partial charge in [-0.25, -0.2) is 0 Å². The van der Waals surface area contributed by atoms with Crippen molar-refractivity contribution in [3.05, 3.63) is 232 Å². The number of benzene rings is 5. The van der Waals surface area contributed by atoms with E-state index in [1.807, 2.05) is 0 Å². The number of hydrogen-bond donors (Lipinski definition) is 0. The number of fused-ring (bicyclic) bond motifs is 4. The number of allylic oxidation sites excluding steroid dienone is 16. The highest BCUT2D eigenvalue weighted by Gasteiger charge is 2.42. The third-order valence-electron chi connectivity index (χ3n) is 14.3. The van der Waals surface area contributed by atoms with E-state index in [-0.39, 0.29) is 7.53 Å². The van der Waals surface area contributed by atoms with E-state index in [0.29, 0.717) is 0 Å². The van der Waals surface area contributed by atoms with E-state index in [1.54, 1.807) is 10.6 Å². The summed E-state index contributed by atoms with van der Waals surface area (Å²) in [4.78, 5) is 4.93. The van der Waals surface area contributed by atoms with E-state index in [1.165, 1.54) is 94.9 Å². The quantitative estimate of drug-likeness (QED) is 0.135. The summed E-state index contributed by atoms with van der Waals surface area (Å²) in [5.74, 6) is 0. The summed E-state index contributed by atoms with van der Waals surface area (Å²) >= 11 is 0. The van der Waals surface area contributed by atoms with Crippen molar-refractivity contribution in [2.24, 2.45) is 0 Å². The molecule has 6 aromatic rings. The van der Waals surface area contributed by atoms with Gasteiger partial charge in [0.15, 0.2) is 23.4 Å². The molecule has 2 nitrogen and oxygen atoms in total. The molecule has 1 atom stereocenters. The SMILES string of the molecule is CC1=CC=C(N(C2=CC=C(c3ccc(N(c4ccc(C)cc4)c4ccc(-c5cccc6[p+]5C5=CCCC=C56)cc4)cc3)CC2)c2ccc(-c3cccc(C4=CCCC=C4C)c3C)cc2)CC1. The largest absolute Gasteiger partial charge is 0.318 e. The first-order valence-electron chi connectivity index (χ1n) is 24.1. The second kappa shape index (κ2) is 17.9. The van der Waals surface area contributed by atoms with Crippen molar-refractivity contribution < 1.29 is 0 Å². The molecule has 4 aliphatic carbocycles. The van der Waals surface area contributed by atoms with Crippen LogP contribution in [0.15, 0.2) is 205 Å². The molecule has 5 aliphatic rings. The Labute approximate surface area is 393 Å². The van der Waals surface area contributed by atoms with Crippen molar-refractivity contribution in [3.63, 3.8) is 0 Å². The van der Waals surface area contributed by atoms with Crippen LogP contribution in [0.25, 0.3) is 44.0 Å². The Balaban J connectivity index is 0.868. The summed E-state index contributed by atoms with van der Waals surface area (Å²) in [5, 5.41) is 4.60. The second-order valence-corrected chi connectivity index (χ2v) is 20.8. The van der Waals surface area contributed by atoms with Gasteiger partial charge in [0.2, 0.25) is 0 Å². The molecule has 324 valence electrons. The number of nitrogens with zero attached hydrogens (tertiary/aromatic N) is 2. The Kier molecular flexibility index (Phi) is 11.4. The third-order valence-corrected chi connectivity index (χ3v) is 17.0. The van der Waals surface area contributed by atoms with Crippen molar-refractivity contribution in [3.8, 4) is 22.0 Å². The molecule has 0 N–H and O–H groups in total. The number of rotatable bonds is 10. The van der Waals surface area contributed by atoms with Gasteiger partial charge in [0.25, 0.3) is 0 Å². The van der Waals surface area contributed by atoms with Crippen molar-refractivity contribution in [1.29, 1.82) is 0 Å². The van der Waals surface area contributed by atoms with Gasteiger partial charge in [-0.2, -0.15) is 0 Å². The lowest BCUT2D eigenvalue weighted by molar-refractivity contribution is 0.823. The molecule has 5 aromatic carbocycles.